The van der Waals surface area contributed by atoms with E-state index in [-0.39, 0.29) is 11.7 Å². The number of nitrogens with zero attached hydrogens (tertiary/aromatic N) is 4. The van der Waals surface area contributed by atoms with Crippen molar-refractivity contribution in [3.63, 3.8) is 0 Å². The van der Waals surface area contributed by atoms with Crippen molar-refractivity contribution >= 4 is 5.91 Å². The number of imidazole rings is 1. The van der Waals surface area contributed by atoms with Crippen LogP contribution in [-0.4, -0.2) is 41.3 Å². The molecule has 1 amide bonds. The fourth-order valence-electron chi connectivity index (χ4n) is 4.74. The number of nitrogens with one attached hydrogen (secondary N) is 1. The molecule has 0 unspecified atom stereocenters. The molecule has 0 saturated heterocycles. The molecular weight excluding hydrogens is 404 g/mol. The van der Waals surface area contributed by atoms with Crippen LogP contribution in [0.2, 0.25) is 0 Å². The van der Waals surface area contributed by atoms with Crippen LogP contribution in [0.15, 0.2) is 18.2 Å². The third-order valence-electron chi connectivity index (χ3n) is 6.55. The van der Waals surface area contributed by atoms with Crippen LogP contribution in [0.1, 0.15) is 84.8 Å². The number of aromatic amines is 1. The maximum atomic E-state index is 12.4. The summed E-state index contributed by atoms with van der Waals surface area (Å²) in [6.45, 7) is 3.31. The van der Waals surface area contributed by atoms with Gasteiger partial charge in [0.25, 0.3) is 5.91 Å². The van der Waals surface area contributed by atoms with Crippen LogP contribution >= 0.6 is 0 Å². The number of hydrogen-bond acceptors (Lipinski definition) is 5. The number of rotatable bonds is 3. The van der Waals surface area contributed by atoms with Gasteiger partial charge in [0, 0.05) is 23.1 Å². The molecule has 2 bridgehead atoms. The molecule has 8 nitrogen and oxygen atoms in total. The Bertz CT molecular complexity index is 1320. The first-order chi connectivity index (χ1) is 15.3. The van der Waals surface area contributed by atoms with Crippen molar-refractivity contribution in [2.45, 2.75) is 63.0 Å². The Labute approximate surface area is 185 Å². The molecule has 2 aliphatic carbocycles. The fourth-order valence-corrected chi connectivity index (χ4v) is 4.74. The molecule has 1 aromatic carbocycles. The molecule has 0 atom stereocenters. The van der Waals surface area contributed by atoms with E-state index in [1.807, 2.05) is 12.1 Å². The largest absolute Gasteiger partial charge is 0.378 e. The molecule has 0 spiro atoms. The van der Waals surface area contributed by atoms with Gasteiger partial charge in [-0.25, -0.2) is 9.97 Å². The number of nitrogens with two attached hydrogens (primary N) is 1. The zero-order chi connectivity index (χ0) is 22.2. The lowest BCUT2D eigenvalue weighted by molar-refractivity contribution is 0.0996. The third-order valence-corrected chi connectivity index (χ3v) is 6.55. The fraction of sp³-hybridized carbons (Fsp3) is 0.417. The van der Waals surface area contributed by atoms with Crippen LogP contribution in [0.4, 0.5) is 0 Å². The predicted octanol–water partition coefficient (Wildman–Crippen LogP) is 2.87. The number of carbonyl (C=O) groups excluding carboxylic acids is 1. The van der Waals surface area contributed by atoms with Gasteiger partial charge in [-0.2, -0.15) is 5.10 Å². The minimum Gasteiger partial charge on any atom is -0.378 e. The molecule has 2 aromatic heterocycles. The zero-order valence-corrected chi connectivity index (χ0v) is 18.0. The first-order valence-electron chi connectivity index (χ1n) is 11.0. The second kappa shape index (κ2) is 6.53. The monoisotopic (exact) mass is 428 g/mol. The van der Waals surface area contributed by atoms with Crippen molar-refractivity contribution < 1.29 is 9.90 Å². The highest BCUT2D eigenvalue weighted by atomic mass is 16.3. The molecule has 4 aliphatic rings. The van der Waals surface area contributed by atoms with Gasteiger partial charge < -0.3 is 15.4 Å². The molecule has 7 rings (SSSR count). The summed E-state index contributed by atoms with van der Waals surface area (Å²) in [4.78, 5) is 21.8. The van der Waals surface area contributed by atoms with Crippen LogP contribution in [0.25, 0.3) is 22.9 Å². The van der Waals surface area contributed by atoms with Crippen molar-refractivity contribution in [1.82, 2.24) is 24.7 Å². The molecule has 2 aliphatic heterocycles. The van der Waals surface area contributed by atoms with Gasteiger partial charge in [-0.15, -0.1) is 0 Å². The van der Waals surface area contributed by atoms with Crippen LogP contribution in [0, 0.1) is 11.8 Å². The van der Waals surface area contributed by atoms with E-state index in [0.717, 1.165) is 42.6 Å². The van der Waals surface area contributed by atoms with Crippen molar-refractivity contribution in [3.05, 3.63) is 40.8 Å². The highest BCUT2D eigenvalue weighted by Gasteiger charge is 2.42. The first kappa shape index (κ1) is 19.3. The molecule has 4 N–H and O–H groups in total. The van der Waals surface area contributed by atoms with Gasteiger partial charge in [0.1, 0.15) is 22.9 Å². The van der Waals surface area contributed by atoms with Gasteiger partial charge in [0.15, 0.2) is 11.5 Å². The zero-order valence-electron chi connectivity index (χ0n) is 18.0. The average molecular weight is 428 g/mol. The highest BCUT2D eigenvalue weighted by molar-refractivity contribution is 5.97. The van der Waals surface area contributed by atoms with E-state index in [4.69, 9.17) is 15.7 Å². The average Bonchev–Trinajstić information content (AvgIpc) is 3.37. The Morgan fingerprint density at radius 3 is 2.72 bits per heavy atom. The molecule has 2 fully saturated rings. The third kappa shape index (κ3) is 3.04. The van der Waals surface area contributed by atoms with E-state index in [1.165, 1.54) is 5.56 Å². The number of primary amides is 1. The second-order valence-electron chi connectivity index (χ2n) is 9.62. The smallest absolute Gasteiger partial charge is 0.269 e. The van der Waals surface area contributed by atoms with Crippen molar-refractivity contribution in [2.24, 2.45) is 5.73 Å². The molecule has 3 aromatic rings. The SMILES string of the molecule is CC(C)(O)C#Cc1ccc2c(c1)-c1nc(C(N)=O)c(-c3n[nH]c(C4CC4)n3)n1C1CC2C1. The van der Waals surface area contributed by atoms with Gasteiger partial charge in [-0.3, -0.25) is 9.89 Å². The first-order valence-corrected chi connectivity index (χ1v) is 11.0. The summed E-state index contributed by atoms with van der Waals surface area (Å²) >= 11 is 0. The predicted molar refractivity (Wildman–Crippen MR) is 118 cm³/mol. The molecule has 0 radical (unpaired) electrons. The Hall–Kier alpha value is -3.44. The number of hydrogen-bond donors (Lipinski definition) is 3. The van der Waals surface area contributed by atoms with E-state index in [1.54, 1.807) is 13.8 Å². The number of carbonyl (C=O) groups is 1. The summed E-state index contributed by atoms with van der Waals surface area (Å²) in [5.74, 6) is 8.23. The van der Waals surface area contributed by atoms with Crippen molar-refractivity contribution in [3.8, 4) is 34.7 Å². The lowest BCUT2D eigenvalue weighted by atomic mass is 9.75. The molecule has 162 valence electrons. The number of aliphatic hydroxyl groups is 1. The quantitative estimate of drug-likeness (QED) is 0.554. The van der Waals surface area contributed by atoms with Gasteiger partial charge in [-0.1, -0.05) is 17.9 Å². The van der Waals surface area contributed by atoms with Gasteiger partial charge in [-0.05, 0) is 63.1 Å². The lowest BCUT2D eigenvalue weighted by Gasteiger charge is -2.35. The maximum Gasteiger partial charge on any atom is 0.269 e. The summed E-state index contributed by atoms with van der Waals surface area (Å²) in [5, 5.41) is 17.4. The molecule has 2 saturated carbocycles. The number of aromatic nitrogens is 5. The van der Waals surface area contributed by atoms with E-state index in [9.17, 15) is 9.90 Å². The van der Waals surface area contributed by atoms with Crippen LogP contribution in [0.5, 0.6) is 0 Å². The van der Waals surface area contributed by atoms with E-state index < -0.39 is 11.5 Å². The Balaban J connectivity index is 1.55. The van der Waals surface area contributed by atoms with Crippen molar-refractivity contribution in [2.75, 3.05) is 0 Å². The Morgan fingerprint density at radius 1 is 1.25 bits per heavy atom. The maximum absolute atomic E-state index is 12.4. The minimum atomic E-state index is -1.08. The second-order valence-corrected chi connectivity index (χ2v) is 9.62. The van der Waals surface area contributed by atoms with Crippen LogP contribution in [0.3, 0.4) is 0 Å². The van der Waals surface area contributed by atoms with Crippen LogP contribution in [-0.2, 0) is 0 Å². The summed E-state index contributed by atoms with van der Waals surface area (Å²) in [6, 6.07) is 6.29. The van der Waals surface area contributed by atoms with Crippen molar-refractivity contribution in [1.29, 1.82) is 0 Å². The standard InChI is InChI=1S/C24H24N6O2/c1-24(2,32)8-7-12-3-6-16-14-10-15(11-14)30-19(22-27-21(28-29-22)13-4-5-13)18(20(25)31)26-23(30)17(16)9-12/h3,6,9,13-15,32H,4-5,10-11H2,1-2H3,(H2,25,31)(H,27,28,29). The molecular formula is C24H24N6O2. The topological polar surface area (TPSA) is 123 Å². The summed E-state index contributed by atoms with van der Waals surface area (Å²) in [7, 11) is 0. The highest BCUT2D eigenvalue weighted by Crippen LogP contribution is 2.54. The Morgan fingerprint density at radius 2 is 2.03 bits per heavy atom. The van der Waals surface area contributed by atoms with Gasteiger partial charge in [0.2, 0.25) is 0 Å². The molecule has 8 heteroatoms. The summed E-state index contributed by atoms with van der Waals surface area (Å²) < 4.78 is 2.11. The number of H-pyrrole nitrogens is 1. The number of amides is 1. The number of benzene rings is 1. The normalized spacial score (nSPS) is 21.0. The van der Waals surface area contributed by atoms with Gasteiger partial charge >= 0.3 is 0 Å². The van der Waals surface area contributed by atoms with E-state index in [0.29, 0.717) is 29.2 Å². The summed E-state index contributed by atoms with van der Waals surface area (Å²) in [5.41, 5.74) is 8.41. The van der Waals surface area contributed by atoms with Gasteiger partial charge in [0.05, 0.1) is 0 Å². The summed E-state index contributed by atoms with van der Waals surface area (Å²) in [6.07, 6.45) is 4.15. The van der Waals surface area contributed by atoms with E-state index >= 15 is 0 Å². The lowest BCUT2D eigenvalue weighted by Crippen LogP contribution is -2.24. The molecule has 4 heterocycles. The van der Waals surface area contributed by atoms with Crippen LogP contribution < -0.4 is 5.73 Å². The Kier molecular flexibility index (Phi) is 3.93. The minimum absolute atomic E-state index is 0.200. The molecule has 32 heavy (non-hydrogen) atoms. The van der Waals surface area contributed by atoms with E-state index in [2.05, 4.69) is 32.7 Å².